The average Bonchev–Trinajstić information content (AvgIpc) is 1.84. The van der Waals surface area contributed by atoms with E-state index in [0.29, 0.717) is 25.7 Å². The van der Waals surface area contributed by atoms with Gasteiger partial charge in [-0.15, -0.1) is 0 Å². The van der Waals surface area contributed by atoms with Crippen LogP contribution in [0.3, 0.4) is 0 Å². The highest BCUT2D eigenvalue weighted by Gasteiger charge is 2.30. The van der Waals surface area contributed by atoms with Crippen LogP contribution in [0.2, 0.25) is 0 Å². The monoisotopic (exact) mass is 158 g/mol. The van der Waals surface area contributed by atoms with Crippen molar-refractivity contribution in [3.8, 4) is 0 Å². The summed E-state index contributed by atoms with van der Waals surface area (Å²) in [7, 11) is 0. The van der Waals surface area contributed by atoms with Crippen molar-refractivity contribution in [2.24, 2.45) is 11.8 Å². The van der Waals surface area contributed by atoms with Crippen LogP contribution < -0.4 is 0 Å². The van der Waals surface area contributed by atoms with Crippen LogP contribution >= 0.6 is 0 Å². The highest BCUT2D eigenvalue weighted by Crippen LogP contribution is 2.21. The fourth-order valence-corrected chi connectivity index (χ4v) is 1.01. The van der Waals surface area contributed by atoms with Gasteiger partial charge in [-0.2, -0.15) is 0 Å². The molecule has 0 aliphatic carbocycles. The summed E-state index contributed by atoms with van der Waals surface area (Å²) in [6.07, 6.45) is 0. The largest absolute Gasteiger partial charge is 0.466 e. The molecule has 1 atom stereocenters. The van der Waals surface area contributed by atoms with Gasteiger partial charge in [0.05, 0.1) is 25.7 Å². The van der Waals surface area contributed by atoms with Gasteiger partial charge < -0.3 is 9.47 Å². The zero-order valence-electron chi connectivity index (χ0n) is 7.00. The molecule has 0 spiro atoms. The molecule has 0 aromatic heterocycles. The van der Waals surface area contributed by atoms with E-state index in [-0.39, 0.29) is 11.9 Å². The van der Waals surface area contributed by atoms with Crippen molar-refractivity contribution in [3.63, 3.8) is 0 Å². The molecule has 1 aliphatic rings. The molecular formula is C8H14O3. The molecule has 1 rings (SSSR count). The van der Waals surface area contributed by atoms with Crippen LogP contribution in [0.15, 0.2) is 0 Å². The lowest BCUT2D eigenvalue weighted by atomic mass is 9.93. The number of esters is 1. The molecule has 1 aliphatic heterocycles. The Kier molecular flexibility index (Phi) is 2.88. The SMILES string of the molecule is CCOC(=O)[C@@H](C)C1COC1. The average molecular weight is 158 g/mol. The molecule has 1 fully saturated rings. The molecule has 0 radical (unpaired) electrons. The van der Waals surface area contributed by atoms with Crippen molar-refractivity contribution in [2.75, 3.05) is 19.8 Å². The minimum absolute atomic E-state index is 0.00343. The number of hydrogen-bond donors (Lipinski definition) is 0. The van der Waals surface area contributed by atoms with E-state index >= 15 is 0 Å². The van der Waals surface area contributed by atoms with Crippen LogP contribution in [0.1, 0.15) is 13.8 Å². The van der Waals surface area contributed by atoms with Crippen LogP contribution in [-0.4, -0.2) is 25.8 Å². The minimum atomic E-state index is -0.0965. The van der Waals surface area contributed by atoms with E-state index in [9.17, 15) is 4.79 Å². The smallest absolute Gasteiger partial charge is 0.309 e. The van der Waals surface area contributed by atoms with Gasteiger partial charge in [-0.1, -0.05) is 6.92 Å². The third-order valence-electron chi connectivity index (χ3n) is 2.03. The van der Waals surface area contributed by atoms with Crippen molar-refractivity contribution in [1.82, 2.24) is 0 Å². The second-order valence-corrected chi connectivity index (χ2v) is 2.84. The van der Waals surface area contributed by atoms with E-state index in [0.717, 1.165) is 0 Å². The molecule has 1 heterocycles. The van der Waals surface area contributed by atoms with Gasteiger partial charge in [0.1, 0.15) is 0 Å². The molecule has 0 unspecified atom stereocenters. The fraction of sp³-hybridized carbons (Fsp3) is 0.875. The second kappa shape index (κ2) is 3.72. The summed E-state index contributed by atoms with van der Waals surface area (Å²) in [6.45, 7) is 5.60. The quantitative estimate of drug-likeness (QED) is 0.571. The number of carbonyl (C=O) groups is 1. The highest BCUT2D eigenvalue weighted by atomic mass is 16.5. The summed E-state index contributed by atoms with van der Waals surface area (Å²) in [6, 6.07) is 0. The summed E-state index contributed by atoms with van der Waals surface area (Å²) in [5.41, 5.74) is 0. The molecule has 0 aromatic carbocycles. The molecule has 11 heavy (non-hydrogen) atoms. The van der Waals surface area contributed by atoms with Crippen molar-refractivity contribution in [1.29, 1.82) is 0 Å². The third-order valence-corrected chi connectivity index (χ3v) is 2.03. The summed E-state index contributed by atoms with van der Waals surface area (Å²) in [5, 5.41) is 0. The van der Waals surface area contributed by atoms with Gasteiger partial charge in [0.25, 0.3) is 0 Å². The summed E-state index contributed by atoms with van der Waals surface area (Å²) in [4.78, 5) is 11.1. The molecule has 0 bridgehead atoms. The molecule has 0 N–H and O–H groups in total. The Morgan fingerprint density at radius 2 is 2.36 bits per heavy atom. The lowest BCUT2D eigenvalue weighted by Crippen LogP contribution is -2.37. The van der Waals surface area contributed by atoms with Crippen molar-refractivity contribution in [2.45, 2.75) is 13.8 Å². The van der Waals surface area contributed by atoms with Crippen molar-refractivity contribution >= 4 is 5.97 Å². The topological polar surface area (TPSA) is 35.5 Å². The fourth-order valence-electron chi connectivity index (χ4n) is 1.01. The molecule has 3 heteroatoms. The van der Waals surface area contributed by atoms with E-state index in [2.05, 4.69) is 0 Å². The van der Waals surface area contributed by atoms with Gasteiger partial charge >= 0.3 is 5.97 Å². The maximum Gasteiger partial charge on any atom is 0.309 e. The Hall–Kier alpha value is -0.570. The second-order valence-electron chi connectivity index (χ2n) is 2.84. The number of hydrogen-bond acceptors (Lipinski definition) is 3. The molecule has 0 amide bonds. The number of ether oxygens (including phenoxy) is 2. The molecule has 0 saturated carbocycles. The zero-order chi connectivity index (χ0) is 8.27. The summed E-state index contributed by atoms with van der Waals surface area (Å²) < 4.78 is 9.84. The van der Waals surface area contributed by atoms with Crippen LogP contribution in [0.25, 0.3) is 0 Å². The van der Waals surface area contributed by atoms with Crippen LogP contribution in [0.5, 0.6) is 0 Å². The Morgan fingerprint density at radius 3 is 2.73 bits per heavy atom. The number of carbonyl (C=O) groups excluding carboxylic acids is 1. The first kappa shape index (κ1) is 8.53. The van der Waals surface area contributed by atoms with E-state index in [1.54, 1.807) is 0 Å². The summed E-state index contributed by atoms with van der Waals surface area (Å²) in [5.74, 6) is 0.290. The van der Waals surface area contributed by atoms with Gasteiger partial charge in [-0.05, 0) is 6.92 Å². The van der Waals surface area contributed by atoms with Crippen molar-refractivity contribution < 1.29 is 14.3 Å². The predicted molar refractivity (Wildman–Crippen MR) is 40.1 cm³/mol. The first-order valence-corrected chi connectivity index (χ1v) is 4.00. The molecule has 1 saturated heterocycles. The van der Waals surface area contributed by atoms with Crippen LogP contribution in [-0.2, 0) is 14.3 Å². The molecule has 64 valence electrons. The van der Waals surface area contributed by atoms with Crippen LogP contribution in [0, 0.1) is 11.8 Å². The summed E-state index contributed by atoms with van der Waals surface area (Å²) >= 11 is 0. The number of rotatable bonds is 3. The van der Waals surface area contributed by atoms with Gasteiger partial charge in [0, 0.05) is 5.92 Å². The Bertz CT molecular complexity index is 140. The van der Waals surface area contributed by atoms with E-state index in [1.165, 1.54) is 0 Å². The molecule has 0 aromatic rings. The Morgan fingerprint density at radius 1 is 1.73 bits per heavy atom. The Labute approximate surface area is 66.7 Å². The minimum Gasteiger partial charge on any atom is -0.466 e. The normalized spacial score (nSPS) is 20.5. The first-order valence-electron chi connectivity index (χ1n) is 4.00. The predicted octanol–water partition coefficient (Wildman–Crippen LogP) is 0.832. The van der Waals surface area contributed by atoms with E-state index < -0.39 is 0 Å². The molecule has 3 nitrogen and oxygen atoms in total. The maximum atomic E-state index is 11.1. The van der Waals surface area contributed by atoms with Gasteiger partial charge in [0.15, 0.2) is 0 Å². The zero-order valence-corrected chi connectivity index (χ0v) is 7.00. The van der Waals surface area contributed by atoms with Gasteiger partial charge in [-0.25, -0.2) is 0 Å². The van der Waals surface area contributed by atoms with E-state index in [4.69, 9.17) is 9.47 Å². The van der Waals surface area contributed by atoms with Gasteiger partial charge in [-0.3, -0.25) is 4.79 Å². The van der Waals surface area contributed by atoms with E-state index in [1.807, 2.05) is 13.8 Å². The van der Waals surface area contributed by atoms with Crippen LogP contribution in [0.4, 0.5) is 0 Å². The standard InChI is InChI=1S/C8H14O3/c1-3-11-8(9)6(2)7-4-10-5-7/h6-7H,3-5H2,1-2H3/t6-/m0/s1. The maximum absolute atomic E-state index is 11.1. The molecular weight excluding hydrogens is 144 g/mol. The third kappa shape index (κ3) is 1.93. The van der Waals surface area contributed by atoms with Gasteiger partial charge in [0.2, 0.25) is 0 Å². The Balaban J connectivity index is 2.27. The van der Waals surface area contributed by atoms with Crippen molar-refractivity contribution in [3.05, 3.63) is 0 Å². The lowest BCUT2D eigenvalue weighted by Gasteiger charge is -2.29. The first-order chi connectivity index (χ1) is 5.25. The lowest BCUT2D eigenvalue weighted by molar-refractivity contribution is -0.156. The highest BCUT2D eigenvalue weighted by molar-refractivity contribution is 5.72.